The van der Waals surface area contributed by atoms with Gasteiger partial charge in [-0.05, 0) is 49.5 Å². The van der Waals surface area contributed by atoms with Crippen molar-refractivity contribution in [1.82, 2.24) is 5.32 Å². The molecule has 6 heteroatoms. The highest BCUT2D eigenvalue weighted by atomic mass is 19.4. The van der Waals surface area contributed by atoms with E-state index in [0.29, 0.717) is 0 Å². The van der Waals surface area contributed by atoms with Crippen LogP contribution < -0.4 is 5.32 Å². The van der Waals surface area contributed by atoms with Gasteiger partial charge in [-0.15, -0.1) is 0 Å². The normalized spacial score (nSPS) is 18.7. The third kappa shape index (κ3) is 5.28. The van der Waals surface area contributed by atoms with Crippen LogP contribution in [0.15, 0.2) is 24.3 Å². The second-order valence-corrected chi connectivity index (χ2v) is 5.38. The van der Waals surface area contributed by atoms with E-state index >= 15 is 0 Å². The van der Waals surface area contributed by atoms with Crippen molar-refractivity contribution in [1.29, 1.82) is 0 Å². The largest absolute Gasteiger partial charge is 0.411 e. The molecular formula is C15H19F4NO. The Bertz CT molecular complexity index is 426. The SMILES string of the molecule is Fc1ccc(C(COCC(F)(F)F)C2CCNCC2)cc1. The van der Waals surface area contributed by atoms with Gasteiger partial charge < -0.3 is 10.1 Å². The van der Waals surface area contributed by atoms with Gasteiger partial charge >= 0.3 is 6.18 Å². The molecule has 1 aromatic carbocycles. The predicted octanol–water partition coefficient (Wildman–Crippen LogP) is 3.49. The maximum Gasteiger partial charge on any atom is 0.411 e. The molecule has 2 rings (SSSR count). The van der Waals surface area contributed by atoms with E-state index in [1.54, 1.807) is 12.1 Å². The van der Waals surface area contributed by atoms with E-state index in [2.05, 4.69) is 5.32 Å². The first-order valence-corrected chi connectivity index (χ1v) is 7.06. The lowest BCUT2D eigenvalue weighted by atomic mass is 9.81. The van der Waals surface area contributed by atoms with Crippen LogP contribution in [0.1, 0.15) is 24.3 Å². The highest BCUT2D eigenvalue weighted by Gasteiger charge is 2.30. The molecule has 21 heavy (non-hydrogen) atoms. The summed E-state index contributed by atoms with van der Waals surface area (Å²) in [5.41, 5.74) is 0.838. The molecule has 2 nitrogen and oxygen atoms in total. The molecule has 0 spiro atoms. The van der Waals surface area contributed by atoms with Crippen LogP contribution in [0.5, 0.6) is 0 Å². The molecule has 0 radical (unpaired) electrons. The number of benzene rings is 1. The van der Waals surface area contributed by atoms with E-state index < -0.39 is 12.8 Å². The van der Waals surface area contributed by atoms with Crippen molar-refractivity contribution in [3.63, 3.8) is 0 Å². The van der Waals surface area contributed by atoms with Gasteiger partial charge in [0.1, 0.15) is 12.4 Å². The molecule has 0 aliphatic carbocycles. The Morgan fingerprint density at radius 3 is 2.33 bits per heavy atom. The highest BCUT2D eigenvalue weighted by Crippen LogP contribution is 2.32. The van der Waals surface area contributed by atoms with Crippen molar-refractivity contribution in [3.8, 4) is 0 Å². The fourth-order valence-electron chi connectivity index (χ4n) is 2.76. The Morgan fingerprint density at radius 2 is 1.76 bits per heavy atom. The van der Waals surface area contributed by atoms with Crippen molar-refractivity contribution < 1.29 is 22.3 Å². The number of alkyl halides is 3. The van der Waals surface area contributed by atoms with Crippen LogP contribution in [0.25, 0.3) is 0 Å². The molecule has 1 fully saturated rings. The molecule has 1 heterocycles. The molecule has 1 N–H and O–H groups in total. The average Bonchev–Trinajstić information content (AvgIpc) is 2.45. The second kappa shape index (κ2) is 7.22. The van der Waals surface area contributed by atoms with Crippen molar-refractivity contribution in [3.05, 3.63) is 35.6 Å². The van der Waals surface area contributed by atoms with Gasteiger partial charge in [0.2, 0.25) is 0 Å². The Kier molecular flexibility index (Phi) is 5.58. The third-order valence-corrected chi connectivity index (χ3v) is 3.81. The number of hydrogen-bond donors (Lipinski definition) is 1. The van der Waals surface area contributed by atoms with Crippen LogP contribution in [-0.4, -0.2) is 32.5 Å². The fourth-order valence-corrected chi connectivity index (χ4v) is 2.76. The van der Waals surface area contributed by atoms with E-state index in [4.69, 9.17) is 4.74 Å². The minimum atomic E-state index is -4.32. The van der Waals surface area contributed by atoms with Crippen LogP contribution in [-0.2, 0) is 4.74 Å². The minimum Gasteiger partial charge on any atom is -0.371 e. The summed E-state index contributed by atoms with van der Waals surface area (Å²) in [5, 5.41) is 3.23. The Labute approximate surface area is 121 Å². The van der Waals surface area contributed by atoms with Gasteiger partial charge in [0, 0.05) is 5.92 Å². The first kappa shape index (κ1) is 16.2. The first-order valence-electron chi connectivity index (χ1n) is 7.06. The van der Waals surface area contributed by atoms with E-state index in [1.807, 2.05) is 0 Å². The highest BCUT2D eigenvalue weighted by molar-refractivity contribution is 5.21. The molecular weight excluding hydrogens is 286 g/mol. The number of rotatable bonds is 5. The molecule has 1 atom stereocenters. The second-order valence-electron chi connectivity index (χ2n) is 5.38. The summed E-state index contributed by atoms with van der Waals surface area (Å²) in [4.78, 5) is 0. The lowest BCUT2D eigenvalue weighted by Crippen LogP contribution is -2.33. The summed E-state index contributed by atoms with van der Waals surface area (Å²) in [6, 6.07) is 5.96. The van der Waals surface area contributed by atoms with Gasteiger partial charge in [-0.2, -0.15) is 13.2 Å². The number of hydrogen-bond acceptors (Lipinski definition) is 2. The lowest BCUT2D eigenvalue weighted by molar-refractivity contribution is -0.175. The van der Waals surface area contributed by atoms with E-state index in [0.717, 1.165) is 31.5 Å². The fraction of sp³-hybridized carbons (Fsp3) is 0.600. The molecule has 1 unspecified atom stereocenters. The van der Waals surface area contributed by atoms with Crippen LogP contribution >= 0.6 is 0 Å². The average molecular weight is 305 g/mol. The summed E-state index contributed by atoms with van der Waals surface area (Å²) in [5.74, 6) is -0.223. The zero-order chi connectivity index (χ0) is 15.3. The molecule has 0 saturated carbocycles. The minimum absolute atomic E-state index is 0.00973. The summed E-state index contributed by atoms with van der Waals surface area (Å²) in [6.07, 6.45) is -2.55. The number of ether oxygens (including phenoxy) is 1. The van der Waals surface area contributed by atoms with Crippen LogP contribution in [0, 0.1) is 11.7 Å². The van der Waals surface area contributed by atoms with E-state index in [9.17, 15) is 17.6 Å². The molecule has 1 aliphatic heterocycles. The maximum atomic E-state index is 13.0. The van der Waals surface area contributed by atoms with Crippen molar-refractivity contribution in [2.45, 2.75) is 24.9 Å². The molecule has 1 aliphatic rings. The smallest absolute Gasteiger partial charge is 0.371 e. The van der Waals surface area contributed by atoms with Gasteiger partial charge in [0.25, 0.3) is 0 Å². The Hall–Kier alpha value is -1.14. The van der Waals surface area contributed by atoms with Crippen LogP contribution in [0.2, 0.25) is 0 Å². The maximum absolute atomic E-state index is 13.0. The van der Waals surface area contributed by atoms with Gasteiger partial charge in [0.15, 0.2) is 0 Å². The molecule has 0 aromatic heterocycles. The summed E-state index contributed by atoms with van der Waals surface area (Å²) >= 11 is 0. The first-order chi connectivity index (χ1) is 9.96. The van der Waals surface area contributed by atoms with E-state index in [-0.39, 0.29) is 24.3 Å². The zero-order valence-electron chi connectivity index (χ0n) is 11.6. The monoisotopic (exact) mass is 305 g/mol. The standard InChI is InChI=1S/C15H19F4NO/c16-13-3-1-11(2-4-13)14(9-21-10-15(17,18)19)12-5-7-20-8-6-12/h1-4,12,14,20H,5-10H2. The molecule has 0 amide bonds. The van der Waals surface area contributed by atoms with E-state index in [1.165, 1.54) is 12.1 Å². The van der Waals surface area contributed by atoms with Crippen LogP contribution in [0.4, 0.5) is 17.6 Å². The summed E-state index contributed by atoms with van der Waals surface area (Å²) in [6.45, 7) is 0.467. The summed E-state index contributed by atoms with van der Waals surface area (Å²) in [7, 11) is 0. The lowest BCUT2D eigenvalue weighted by Gasteiger charge is -2.31. The predicted molar refractivity (Wildman–Crippen MR) is 71.6 cm³/mol. The number of halogens is 4. The number of nitrogens with one attached hydrogen (secondary N) is 1. The third-order valence-electron chi connectivity index (χ3n) is 3.81. The van der Waals surface area contributed by atoms with Crippen LogP contribution in [0.3, 0.4) is 0 Å². The van der Waals surface area contributed by atoms with Gasteiger partial charge in [-0.3, -0.25) is 0 Å². The topological polar surface area (TPSA) is 21.3 Å². The van der Waals surface area contributed by atoms with Gasteiger partial charge in [-0.25, -0.2) is 4.39 Å². The number of piperidine rings is 1. The Morgan fingerprint density at radius 1 is 1.14 bits per heavy atom. The molecule has 118 valence electrons. The van der Waals surface area contributed by atoms with Crippen molar-refractivity contribution in [2.75, 3.05) is 26.3 Å². The van der Waals surface area contributed by atoms with Crippen molar-refractivity contribution >= 4 is 0 Å². The van der Waals surface area contributed by atoms with Gasteiger partial charge in [-0.1, -0.05) is 12.1 Å². The molecule has 1 aromatic rings. The van der Waals surface area contributed by atoms with Crippen molar-refractivity contribution in [2.24, 2.45) is 5.92 Å². The molecule has 0 bridgehead atoms. The van der Waals surface area contributed by atoms with Gasteiger partial charge in [0.05, 0.1) is 6.61 Å². The Balaban J connectivity index is 2.04. The quantitative estimate of drug-likeness (QED) is 0.841. The summed E-state index contributed by atoms with van der Waals surface area (Å²) < 4.78 is 54.5. The zero-order valence-corrected chi connectivity index (χ0v) is 11.6. The molecule has 1 saturated heterocycles.